The van der Waals surface area contributed by atoms with Crippen molar-refractivity contribution in [1.29, 1.82) is 5.26 Å². The van der Waals surface area contributed by atoms with Crippen LogP contribution in [0, 0.1) is 11.3 Å². The van der Waals surface area contributed by atoms with Gasteiger partial charge < -0.3 is 16.4 Å². The highest BCUT2D eigenvalue weighted by molar-refractivity contribution is 5.78. The molecular weight excluding hydrogens is 196 g/mol. The average molecular weight is 212 g/mol. The van der Waals surface area contributed by atoms with Crippen molar-refractivity contribution in [3.05, 3.63) is 0 Å². The number of hydrogen-bond acceptors (Lipinski definition) is 4. The van der Waals surface area contributed by atoms with Crippen LogP contribution in [0.15, 0.2) is 0 Å². The molecular formula is C9H16N4O2. The molecule has 4 N–H and O–H groups in total. The Morgan fingerprint density at radius 1 is 1.53 bits per heavy atom. The van der Waals surface area contributed by atoms with E-state index in [9.17, 15) is 9.59 Å². The number of nitrogens with one attached hydrogen (secondary N) is 2. The van der Waals surface area contributed by atoms with Crippen molar-refractivity contribution in [1.82, 2.24) is 10.6 Å². The maximum absolute atomic E-state index is 11.1. The lowest BCUT2D eigenvalue weighted by Gasteiger charge is -2.11. The van der Waals surface area contributed by atoms with E-state index in [2.05, 4.69) is 10.6 Å². The second-order valence-electron chi connectivity index (χ2n) is 3.21. The van der Waals surface area contributed by atoms with Crippen molar-refractivity contribution in [2.45, 2.75) is 25.8 Å². The summed E-state index contributed by atoms with van der Waals surface area (Å²) in [5, 5.41) is 13.6. The molecule has 84 valence electrons. The van der Waals surface area contributed by atoms with Crippen molar-refractivity contribution < 1.29 is 9.59 Å². The van der Waals surface area contributed by atoms with Gasteiger partial charge in [0, 0.05) is 19.0 Å². The summed E-state index contributed by atoms with van der Waals surface area (Å²) in [6.07, 6.45) is 0.494. The van der Waals surface area contributed by atoms with Gasteiger partial charge in [0.05, 0.1) is 19.0 Å². The normalized spacial score (nSPS) is 11.5. The molecule has 0 spiro atoms. The maximum Gasteiger partial charge on any atom is 0.233 e. The van der Waals surface area contributed by atoms with Crippen LogP contribution in [0.4, 0.5) is 0 Å². The summed E-state index contributed by atoms with van der Waals surface area (Å²) in [6, 6.07) is 1.80. The molecule has 0 fully saturated rings. The minimum absolute atomic E-state index is 0.121. The Hall–Kier alpha value is -1.61. The van der Waals surface area contributed by atoms with Gasteiger partial charge in [-0.15, -0.1) is 0 Å². The Balaban J connectivity index is 3.53. The third-order valence-corrected chi connectivity index (χ3v) is 1.68. The molecule has 1 unspecified atom stereocenters. The monoisotopic (exact) mass is 212 g/mol. The topological polar surface area (TPSA) is 108 Å². The molecule has 0 saturated carbocycles. The first-order chi connectivity index (χ1) is 7.06. The summed E-state index contributed by atoms with van der Waals surface area (Å²) in [5.41, 5.74) is 4.98. The largest absolute Gasteiger partial charge is 0.370 e. The van der Waals surface area contributed by atoms with Gasteiger partial charge in [0.2, 0.25) is 11.8 Å². The molecule has 0 heterocycles. The highest BCUT2D eigenvalue weighted by Gasteiger charge is 2.07. The minimum Gasteiger partial charge on any atom is -0.370 e. The van der Waals surface area contributed by atoms with Crippen LogP contribution in [0.25, 0.3) is 0 Å². The second-order valence-corrected chi connectivity index (χ2v) is 3.21. The summed E-state index contributed by atoms with van der Waals surface area (Å²) in [6.45, 7) is 2.24. The van der Waals surface area contributed by atoms with E-state index in [0.717, 1.165) is 0 Å². The fourth-order valence-electron chi connectivity index (χ4n) is 0.961. The molecule has 0 rings (SSSR count). The Bertz CT molecular complexity index is 259. The number of carbonyl (C=O) groups excluding carboxylic acids is 2. The molecule has 0 saturated heterocycles. The number of carbonyl (C=O) groups is 2. The Morgan fingerprint density at radius 2 is 2.20 bits per heavy atom. The molecule has 0 aromatic carbocycles. The Kier molecular flexibility index (Phi) is 6.93. The zero-order chi connectivity index (χ0) is 11.7. The lowest BCUT2D eigenvalue weighted by molar-refractivity contribution is -0.121. The van der Waals surface area contributed by atoms with Crippen LogP contribution in [-0.2, 0) is 9.59 Å². The van der Waals surface area contributed by atoms with Gasteiger partial charge in [0.1, 0.15) is 0 Å². The van der Waals surface area contributed by atoms with E-state index in [4.69, 9.17) is 11.0 Å². The van der Waals surface area contributed by atoms with E-state index >= 15 is 0 Å². The second kappa shape index (κ2) is 7.76. The lowest BCUT2D eigenvalue weighted by Crippen LogP contribution is -2.39. The molecule has 2 amide bonds. The van der Waals surface area contributed by atoms with Crippen molar-refractivity contribution in [2.24, 2.45) is 5.73 Å². The summed E-state index contributed by atoms with van der Waals surface area (Å²) >= 11 is 0. The summed E-state index contributed by atoms with van der Waals surface area (Å²) in [4.78, 5) is 21.6. The number of hydrogen-bond donors (Lipinski definition) is 3. The first kappa shape index (κ1) is 13.4. The van der Waals surface area contributed by atoms with Gasteiger partial charge in [-0.1, -0.05) is 0 Å². The number of nitriles is 1. The molecule has 0 aliphatic rings. The van der Waals surface area contributed by atoms with Crippen molar-refractivity contribution in [2.75, 3.05) is 13.1 Å². The highest BCUT2D eigenvalue weighted by atomic mass is 16.2. The standard InChI is InChI=1S/C9H16N4O2/c1-7(5-8(11)14)13-6-9(15)12-4-2-3-10/h7,13H,2,4-6H2,1H3,(H2,11,14)(H,12,15). The zero-order valence-corrected chi connectivity index (χ0v) is 8.75. The van der Waals surface area contributed by atoms with Gasteiger partial charge in [0.25, 0.3) is 0 Å². The van der Waals surface area contributed by atoms with Gasteiger partial charge in [-0.05, 0) is 6.92 Å². The predicted molar refractivity (Wildman–Crippen MR) is 54.5 cm³/mol. The number of rotatable bonds is 7. The van der Waals surface area contributed by atoms with Crippen LogP contribution in [0.1, 0.15) is 19.8 Å². The van der Waals surface area contributed by atoms with Crippen molar-refractivity contribution >= 4 is 11.8 Å². The molecule has 1 atom stereocenters. The van der Waals surface area contributed by atoms with Gasteiger partial charge in [-0.2, -0.15) is 5.26 Å². The molecule has 15 heavy (non-hydrogen) atoms. The quantitative estimate of drug-likeness (QED) is 0.464. The Labute approximate surface area is 88.8 Å². The van der Waals surface area contributed by atoms with E-state index in [0.29, 0.717) is 13.0 Å². The molecule has 0 bridgehead atoms. The van der Waals surface area contributed by atoms with Gasteiger partial charge in [-0.25, -0.2) is 0 Å². The van der Waals surface area contributed by atoms with Crippen LogP contribution in [0.2, 0.25) is 0 Å². The van der Waals surface area contributed by atoms with Crippen LogP contribution < -0.4 is 16.4 Å². The maximum atomic E-state index is 11.1. The number of nitrogens with zero attached hydrogens (tertiary/aromatic N) is 1. The third-order valence-electron chi connectivity index (χ3n) is 1.68. The number of amides is 2. The van der Waals surface area contributed by atoms with Crippen molar-refractivity contribution in [3.8, 4) is 6.07 Å². The summed E-state index contributed by atoms with van der Waals surface area (Å²) < 4.78 is 0. The number of nitrogens with two attached hydrogens (primary N) is 1. The lowest BCUT2D eigenvalue weighted by atomic mass is 10.2. The van der Waals surface area contributed by atoms with Crippen LogP contribution >= 0.6 is 0 Å². The average Bonchev–Trinajstić information content (AvgIpc) is 2.14. The van der Waals surface area contributed by atoms with E-state index in [1.54, 1.807) is 6.92 Å². The van der Waals surface area contributed by atoms with E-state index < -0.39 is 5.91 Å². The third kappa shape index (κ3) is 8.71. The van der Waals surface area contributed by atoms with Gasteiger partial charge >= 0.3 is 0 Å². The fourth-order valence-corrected chi connectivity index (χ4v) is 0.961. The molecule has 0 aliphatic carbocycles. The zero-order valence-electron chi connectivity index (χ0n) is 8.75. The summed E-state index contributed by atoms with van der Waals surface area (Å²) in [5.74, 6) is -0.596. The molecule has 6 heteroatoms. The number of primary amides is 1. The van der Waals surface area contributed by atoms with E-state index in [-0.39, 0.29) is 24.9 Å². The Morgan fingerprint density at radius 3 is 2.73 bits per heavy atom. The van der Waals surface area contributed by atoms with E-state index in [1.165, 1.54) is 0 Å². The molecule has 0 aliphatic heterocycles. The highest BCUT2D eigenvalue weighted by Crippen LogP contribution is 1.87. The first-order valence-corrected chi connectivity index (χ1v) is 4.71. The van der Waals surface area contributed by atoms with Gasteiger partial charge in [0.15, 0.2) is 0 Å². The van der Waals surface area contributed by atoms with Gasteiger partial charge in [-0.3, -0.25) is 9.59 Å². The summed E-state index contributed by atoms with van der Waals surface area (Å²) in [7, 11) is 0. The minimum atomic E-state index is -0.403. The predicted octanol–water partition coefficient (Wildman–Crippen LogP) is -1.13. The van der Waals surface area contributed by atoms with E-state index in [1.807, 2.05) is 6.07 Å². The van der Waals surface area contributed by atoms with Crippen molar-refractivity contribution in [3.63, 3.8) is 0 Å². The van der Waals surface area contributed by atoms with Crippen LogP contribution in [0.5, 0.6) is 0 Å². The van der Waals surface area contributed by atoms with Crippen LogP contribution in [0.3, 0.4) is 0 Å². The molecule has 0 radical (unpaired) electrons. The fraction of sp³-hybridized carbons (Fsp3) is 0.667. The first-order valence-electron chi connectivity index (χ1n) is 4.71. The molecule has 6 nitrogen and oxygen atoms in total. The molecule has 0 aromatic rings. The SMILES string of the molecule is CC(CC(N)=O)NCC(=O)NCCC#N. The smallest absolute Gasteiger partial charge is 0.233 e. The van der Waals surface area contributed by atoms with Crippen LogP contribution in [-0.4, -0.2) is 30.9 Å². The molecule has 0 aromatic heterocycles.